The number of carbonyl (C=O) groups excluding carboxylic acids is 1. The number of methoxy groups -OCH3 is 1. The monoisotopic (exact) mass is 640 g/mol. The van der Waals surface area contributed by atoms with Gasteiger partial charge in [-0.1, -0.05) is 51.3 Å². The Balaban J connectivity index is -0.000000539. The van der Waals surface area contributed by atoms with Crippen LogP contribution >= 0.6 is 33.8 Å². The fourth-order valence-electron chi connectivity index (χ4n) is 3.40. The largest absolute Gasteiger partial charge is 0.480 e. The summed E-state index contributed by atoms with van der Waals surface area (Å²) in [7, 11) is 9.70. The molecule has 0 aliphatic carbocycles. The number of fused-ring (bicyclic) bond motifs is 2. The van der Waals surface area contributed by atoms with Crippen molar-refractivity contribution in [3.8, 4) is 0 Å². The van der Waals surface area contributed by atoms with Crippen molar-refractivity contribution < 1.29 is 28.7 Å². The molecular weight excluding hydrogens is 603 g/mol. The van der Waals surface area contributed by atoms with Gasteiger partial charge in [0.1, 0.15) is 12.1 Å². The number of aromatic amines is 2. The molecule has 0 saturated heterocycles. The van der Waals surface area contributed by atoms with Crippen LogP contribution in [-0.2, 0) is 36.4 Å². The van der Waals surface area contributed by atoms with Gasteiger partial charge in [-0.2, -0.15) is 0 Å². The fraction of sp³-hybridized carbons (Fsp3) is 0.308. The average molecular weight is 642 g/mol. The van der Waals surface area contributed by atoms with Crippen molar-refractivity contribution in [3.05, 3.63) is 72.1 Å². The third kappa shape index (κ3) is 13.6. The van der Waals surface area contributed by atoms with Crippen LogP contribution < -0.4 is 11.5 Å². The summed E-state index contributed by atoms with van der Waals surface area (Å²) in [5.74, 6) is -1.36. The SMILES string of the molecule is C.C.CO.COC(=O)[C@@H](N)Cc1c[nH]c2ccccc12.Cl.NC(Cc1c[nH]c2ccccc12)C(=O)O.O=S(Cl)Cl. The number of nitrogens with one attached hydrogen (secondary N) is 2. The second-order valence-electron chi connectivity index (χ2n) is 7.39. The highest BCUT2D eigenvalue weighted by atomic mass is 36.0. The summed E-state index contributed by atoms with van der Waals surface area (Å²) in [6.07, 6.45) is 4.52. The lowest BCUT2D eigenvalue weighted by molar-refractivity contribution is -0.142. The van der Waals surface area contributed by atoms with E-state index < -0.39 is 27.3 Å². The predicted molar refractivity (Wildman–Crippen MR) is 168 cm³/mol. The van der Waals surface area contributed by atoms with Crippen molar-refractivity contribution in [3.63, 3.8) is 0 Å². The molecule has 2 aromatic heterocycles. The Kier molecular flexibility index (Phi) is 23.1. The first-order valence-corrected chi connectivity index (χ1v) is 13.5. The predicted octanol–water partition coefficient (Wildman–Crippen LogP) is 4.68. The van der Waals surface area contributed by atoms with E-state index in [0.717, 1.165) is 40.0 Å². The number of aliphatic hydroxyl groups excluding tert-OH is 1. The highest BCUT2D eigenvalue weighted by Gasteiger charge is 2.16. The lowest BCUT2D eigenvalue weighted by Gasteiger charge is -2.07. The fourth-order valence-corrected chi connectivity index (χ4v) is 3.40. The lowest BCUT2D eigenvalue weighted by atomic mass is 10.1. The number of benzene rings is 2. The van der Waals surface area contributed by atoms with Crippen LogP contribution in [0.2, 0.25) is 0 Å². The maximum Gasteiger partial charge on any atom is 0.322 e. The molecular formula is C26H39Cl3N4O6S. The summed E-state index contributed by atoms with van der Waals surface area (Å²) in [4.78, 5) is 28.1. The standard InChI is InChI=1S/C12H14N2O2.C11H12N2O2.CH4O.2CH4.Cl2OS.ClH/c1-16-12(15)10(13)6-8-7-14-11-5-3-2-4-9(8)11;12-9(11(14)15)5-7-6-13-10-4-2-1-3-8(7)10;1-2;;;1-4(2)3;/h2-5,7,10,14H,6,13H2,1H3;1-4,6,9,13H,5,12H2,(H,14,15);2H,1H3;2*1H4;;1H/t10-;;;;;;/m0....../s1. The molecule has 8 N–H and O–H groups in total. The van der Waals surface area contributed by atoms with Gasteiger partial charge in [-0.15, -0.1) is 12.4 Å². The first-order chi connectivity index (χ1) is 17.6. The van der Waals surface area contributed by atoms with Crippen LogP contribution in [0.15, 0.2) is 60.9 Å². The zero-order valence-electron chi connectivity index (χ0n) is 20.6. The minimum atomic E-state index is -1.67. The van der Waals surface area contributed by atoms with E-state index in [1.165, 1.54) is 7.11 Å². The second-order valence-corrected chi connectivity index (χ2v) is 9.91. The number of H-pyrrole nitrogens is 2. The number of hydrogen-bond donors (Lipinski definition) is 6. The molecule has 0 aliphatic rings. The highest BCUT2D eigenvalue weighted by molar-refractivity contribution is 8.26. The maximum absolute atomic E-state index is 11.2. The Morgan fingerprint density at radius 2 is 1.23 bits per heavy atom. The quantitative estimate of drug-likeness (QED) is 0.129. The molecule has 10 nitrogen and oxygen atoms in total. The molecule has 4 aromatic rings. The third-order valence-corrected chi connectivity index (χ3v) is 5.05. The van der Waals surface area contributed by atoms with Crippen molar-refractivity contribution in [1.29, 1.82) is 0 Å². The van der Waals surface area contributed by atoms with Crippen molar-refractivity contribution in [2.75, 3.05) is 14.2 Å². The van der Waals surface area contributed by atoms with Gasteiger partial charge in [0.25, 0.3) is 0 Å². The molecule has 2 atom stereocenters. The minimum Gasteiger partial charge on any atom is -0.480 e. The molecule has 4 rings (SSSR count). The van der Waals surface area contributed by atoms with E-state index in [4.69, 9.17) is 25.9 Å². The van der Waals surface area contributed by atoms with Gasteiger partial charge in [0.15, 0.2) is 0 Å². The first-order valence-electron chi connectivity index (χ1n) is 10.7. The van der Waals surface area contributed by atoms with Gasteiger partial charge in [-0.3, -0.25) is 9.59 Å². The molecule has 0 amide bonds. The number of nitrogens with two attached hydrogens (primary N) is 2. The Bertz CT molecular complexity index is 1300. The van der Waals surface area contributed by atoms with Crippen LogP contribution in [0.3, 0.4) is 0 Å². The van der Waals surface area contributed by atoms with E-state index in [0.29, 0.717) is 12.8 Å². The number of esters is 1. The number of ether oxygens (including phenoxy) is 1. The van der Waals surface area contributed by atoms with E-state index in [1.54, 1.807) is 0 Å². The normalized spacial score (nSPS) is 10.9. The second kappa shape index (κ2) is 22.1. The number of aliphatic hydroxyl groups is 1. The summed E-state index contributed by atoms with van der Waals surface area (Å²) in [6.45, 7) is 0. The van der Waals surface area contributed by atoms with Crippen LogP contribution in [0.5, 0.6) is 0 Å². The molecule has 2 heterocycles. The van der Waals surface area contributed by atoms with Crippen LogP contribution in [0.4, 0.5) is 0 Å². The molecule has 0 radical (unpaired) electrons. The zero-order valence-corrected chi connectivity index (χ0v) is 23.7. The number of carbonyl (C=O) groups is 2. The lowest BCUT2D eigenvalue weighted by Crippen LogP contribution is -2.33. The van der Waals surface area contributed by atoms with Crippen molar-refractivity contribution >= 4 is 76.7 Å². The van der Waals surface area contributed by atoms with E-state index in [-0.39, 0.29) is 33.2 Å². The summed E-state index contributed by atoms with van der Waals surface area (Å²) in [5, 5.41) is 17.9. The number of hydrogen-bond acceptors (Lipinski definition) is 7. The van der Waals surface area contributed by atoms with Gasteiger partial charge < -0.3 is 36.4 Å². The van der Waals surface area contributed by atoms with E-state index in [9.17, 15) is 9.59 Å². The summed E-state index contributed by atoms with van der Waals surface area (Å²) < 4.78 is 13.7. The molecule has 40 heavy (non-hydrogen) atoms. The molecule has 0 fully saturated rings. The number of rotatable bonds is 6. The van der Waals surface area contributed by atoms with E-state index >= 15 is 0 Å². The molecule has 2 aromatic carbocycles. The number of carboxylic acids is 1. The van der Waals surface area contributed by atoms with Gasteiger partial charge in [0.2, 0.25) is 9.23 Å². The Hall–Kier alpha value is -2.64. The first kappa shape index (κ1) is 41.8. The number of aromatic nitrogens is 2. The van der Waals surface area contributed by atoms with Crippen molar-refractivity contribution in [1.82, 2.24) is 9.97 Å². The summed E-state index contributed by atoms with van der Waals surface area (Å²) >= 11 is 0. The Labute approximate surface area is 252 Å². The molecule has 0 aliphatic heterocycles. The average Bonchev–Trinajstić information content (AvgIpc) is 3.49. The van der Waals surface area contributed by atoms with Gasteiger partial charge in [-0.05, 0) is 23.3 Å². The van der Waals surface area contributed by atoms with E-state index in [1.807, 2.05) is 60.9 Å². The third-order valence-electron chi connectivity index (χ3n) is 5.05. The molecule has 0 saturated carbocycles. The minimum absolute atomic E-state index is 0. The van der Waals surface area contributed by atoms with Gasteiger partial charge in [-0.25, -0.2) is 4.21 Å². The number of aliphatic carboxylic acids is 1. The van der Waals surface area contributed by atoms with Gasteiger partial charge >= 0.3 is 11.9 Å². The van der Waals surface area contributed by atoms with Crippen molar-refractivity contribution in [2.24, 2.45) is 11.5 Å². The van der Waals surface area contributed by atoms with Crippen LogP contribution in [0.25, 0.3) is 21.8 Å². The van der Waals surface area contributed by atoms with E-state index in [2.05, 4.69) is 36.1 Å². The topological polar surface area (TPSA) is 185 Å². The smallest absolute Gasteiger partial charge is 0.322 e. The Morgan fingerprint density at radius 3 is 1.57 bits per heavy atom. The van der Waals surface area contributed by atoms with Crippen LogP contribution in [0, 0.1) is 0 Å². The van der Waals surface area contributed by atoms with Crippen LogP contribution in [0.1, 0.15) is 26.0 Å². The highest BCUT2D eigenvalue weighted by Crippen LogP contribution is 2.19. The zero-order chi connectivity index (χ0) is 28.0. The number of carboxylic acid groups (broad SMARTS) is 1. The molecule has 226 valence electrons. The Morgan fingerprint density at radius 1 is 0.875 bits per heavy atom. The van der Waals surface area contributed by atoms with Gasteiger partial charge in [0.05, 0.1) is 7.11 Å². The number of halogens is 3. The maximum atomic E-state index is 11.2. The summed E-state index contributed by atoms with van der Waals surface area (Å²) in [5.41, 5.74) is 15.2. The molecule has 0 bridgehead atoms. The molecule has 0 spiro atoms. The number of para-hydroxylation sites is 2. The van der Waals surface area contributed by atoms with Crippen LogP contribution in [-0.4, -0.2) is 62.6 Å². The van der Waals surface area contributed by atoms with Gasteiger partial charge in [0, 0.05) is 75.5 Å². The summed E-state index contributed by atoms with van der Waals surface area (Å²) in [6, 6.07) is 14.2. The molecule has 14 heteroatoms. The molecule has 1 unspecified atom stereocenters. The van der Waals surface area contributed by atoms with Crippen molar-refractivity contribution in [2.45, 2.75) is 39.8 Å².